The second-order valence-corrected chi connectivity index (χ2v) is 10.0. The Labute approximate surface area is 193 Å². The van der Waals surface area contributed by atoms with E-state index in [1.165, 1.54) is 16.8 Å². The number of benzene rings is 1. The van der Waals surface area contributed by atoms with Crippen LogP contribution in [0.25, 0.3) is 16.6 Å². The zero-order valence-corrected chi connectivity index (χ0v) is 19.2. The molecule has 0 bridgehead atoms. The number of methoxy groups -OCH3 is 1. The van der Waals surface area contributed by atoms with Gasteiger partial charge in [0.1, 0.15) is 0 Å². The highest BCUT2D eigenvalue weighted by molar-refractivity contribution is 7.90. The molecule has 3 aromatic heterocycles. The minimum atomic E-state index is -3.88. The molecule has 0 spiro atoms. The lowest BCUT2D eigenvalue weighted by atomic mass is 9.97. The van der Waals surface area contributed by atoms with E-state index < -0.39 is 10.0 Å². The zero-order valence-electron chi connectivity index (χ0n) is 18.4. The minimum absolute atomic E-state index is 0.225. The number of hydrogen-bond acceptors (Lipinski definition) is 5. The molecule has 0 aliphatic heterocycles. The van der Waals surface area contributed by atoms with Crippen molar-refractivity contribution in [1.29, 1.82) is 0 Å². The lowest BCUT2D eigenvalue weighted by Crippen LogP contribution is -2.16. The fourth-order valence-electron chi connectivity index (χ4n) is 4.49. The molecular formula is C26H25N3O3S. The first kappa shape index (κ1) is 21.4. The van der Waals surface area contributed by atoms with Crippen molar-refractivity contribution in [3.63, 3.8) is 0 Å². The third-order valence-electron chi connectivity index (χ3n) is 6.14. The van der Waals surface area contributed by atoms with Gasteiger partial charge in [-0.25, -0.2) is 22.4 Å². The molecule has 5 rings (SSSR count). The van der Waals surface area contributed by atoms with Gasteiger partial charge in [0, 0.05) is 35.0 Å². The van der Waals surface area contributed by atoms with Crippen LogP contribution in [-0.2, 0) is 10.0 Å². The standard InChI is InChI=1S/C26H25N3O3S/c1-32-25-14-13-21(18-28-25)23(16-19-8-5-6-9-19)24-17-20-10-7-15-27-26(20)29(24)33(30,31)22-11-3-2-4-12-22/h2-4,7,10-19H,5-6,8-9H2,1H3/b23-16+. The molecule has 0 atom stereocenters. The van der Waals surface area contributed by atoms with E-state index in [-0.39, 0.29) is 4.90 Å². The number of hydrogen-bond donors (Lipinski definition) is 0. The van der Waals surface area contributed by atoms with Crippen LogP contribution in [0.1, 0.15) is 36.9 Å². The zero-order chi connectivity index (χ0) is 22.8. The number of fused-ring (bicyclic) bond motifs is 1. The van der Waals surface area contributed by atoms with Crippen molar-refractivity contribution >= 4 is 26.6 Å². The van der Waals surface area contributed by atoms with E-state index in [1.54, 1.807) is 55.9 Å². The number of pyridine rings is 2. The summed E-state index contributed by atoms with van der Waals surface area (Å²) in [6, 6.07) is 17.8. The summed E-state index contributed by atoms with van der Waals surface area (Å²) in [6.07, 6.45) is 10.1. The molecule has 168 valence electrons. The summed E-state index contributed by atoms with van der Waals surface area (Å²) in [5, 5.41) is 0.769. The lowest BCUT2D eigenvalue weighted by Gasteiger charge is -2.16. The quantitative estimate of drug-likeness (QED) is 0.391. The van der Waals surface area contributed by atoms with E-state index in [1.807, 2.05) is 24.3 Å². The summed E-state index contributed by atoms with van der Waals surface area (Å²) in [5.41, 5.74) is 2.69. The van der Waals surface area contributed by atoms with E-state index in [2.05, 4.69) is 16.0 Å². The number of allylic oxidation sites excluding steroid dienone is 1. The van der Waals surface area contributed by atoms with Crippen LogP contribution in [-0.4, -0.2) is 29.5 Å². The van der Waals surface area contributed by atoms with Gasteiger partial charge in [-0.1, -0.05) is 37.1 Å². The van der Waals surface area contributed by atoms with Crippen LogP contribution in [0.2, 0.25) is 0 Å². The molecule has 1 aliphatic carbocycles. The van der Waals surface area contributed by atoms with E-state index in [9.17, 15) is 8.42 Å². The highest BCUT2D eigenvalue weighted by Gasteiger charge is 2.27. The summed E-state index contributed by atoms with van der Waals surface area (Å²) in [7, 11) is -2.31. The maximum absolute atomic E-state index is 13.9. The van der Waals surface area contributed by atoms with E-state index >= 15 is 0 Å². The summed E-state index contributed by atoms with van der Waals surface area (Å²) < 4.78 is 34.3. The highest BCUT2D eigenvalue weighted by atomic mass is 32.2. The third-order valence-corrected chi connectivity index (χ3v) is 7.85. The summed E-state index contributed by atoms with van der Waals surface area (Å²) in [4.78, 5) is 9.06. The van der Waals surface area contributed by atoms with Crippen LogP contribution in [0.3, 0.4) is 0 Å². The molecule has 3 heterocycles. The Morgan fingerprint density at radius 3 is 2.52 bits per heavy atom. The second-order valence-electron chi connectivity index (χ2n) is 8.24. The van der Waals surface area contributed by atoms with Crippen LogP contribution in [0.15, 0.2) is 84.0 Å². The predicted octanol–water partition coefficient (Wildman–Crippen LogP) is 5.30. The Balaban J connectivity index is 1.78. The molecule has 4 aromatic rings. The summed E-state index contributed by atoms with van der Waals surface area (Å²) in [5.74, 6) is 0.902. The average Bonchev–Trinajstić information content (AvgIpc) is 3.51. The largest absolute Gasteiger partial charge is 0.481 e. The predicted molar refractivity (Wildman–Crippen MR) is 129 cm³/mol. The Kier molecular flexibility index (Phi) is 5.72. The van der Waals surface area contributed by atoms with E-state index in [0.717, 1.165) is 29.4 Å². The Bertz CT molecular complexity index is 1400. The molecule has 6 nitrogen and oxygen atoms in total. The summed E-state index contributed by atoms with van der Waals surface area (Å²) in [6.45, 7) is 0. The first-order valence-corrected chi connectivity index (χ1v) is 12.5. The molecule has 0 radical (unpaired) electrons. The van der Waals surface area contributed by atoms with Crippen LogP contribution < -0.4 is 4.74 Å². The van der Waals surface area contributed by atoms with Crippen molar-refractivity contribution in [2.24, 2.45) is 5.92 Å². The van der Waals surface area contributed by atoms with E-state index in [4.69, 9.17) is 4.74 Å². The SMILES string of the molecule is COc1ccc(/C(=C\C2CCCC2)c2cc3cccnc3n2S(=O)(=O)c2ccccc2)cn1. The van der Waals surface area contributed by atoms with Crippen LogP contribution in [0.5, 0.6) is 5.88 Å². The van der Waals surface area contributed by atoms with Gasteiger partial charge in [0.15, 0.2) is 5.65 Å². The maximum Gasteiger partial charge on any atom is 0.269 e. The van der Waals surface area contributed by atoms with Gasteiger partial charge in [0.2, 0.25) is 5.88 Å². The second kappa shape index (κ2) is 8.83. The monoisotopic (exact) mass is 459 g/mol. The molecule has 0 amide bonds. The van der Waals surface area contributed by atoms with Gasteiger partial charge in [-0.15, -0.1) is 0 Å². The summed E-state index contributed by atoms with van der Waals surface area (Å²) >= 11 is 0. The van der Waals surface area contributed by atoms with Crippen molar-refractivity contribution < 1.29 is 13.2 Å². The smallest absolute Gasteiger partial charge is 0.269 e. The normalized spacial score (nSPS) is 15.2. The molecular weight excluding hydrogens is 434 g/mol. The first-order valence-electron chi connectivity index (χ1n) is 11.1. The van der Waals surface area contributed by atoms with Gasteiger partial charge in [-0.05, 0) is 55.2 Å². The maximum atomic E-state index is 13.9. The average molecular weight is 460 g/mol. The third kappa shape index (κ3) is 4.04. The van der Waals surface area contributed by atoms with Crippen LogP contribution in [0.4, 0.5) is 0 Å². The van der Waals surface area contributed by atoms with Gasteiger partial charge in [0.05, 0.1) is 17.7 Å². The Morgan fingerprint density at radius 2 is 1.82 bits per heavy atom. The molecule has 1 saturated carbocycles. The van der Waals surface area contributed by atoms with Gasteiger partial charge in [-0.2, -0.15) is 0 Å². The van der Waals surface area contributed by atoms with Crippen LogP contribution >= 0.6 is 0 Å². The molecule has 7 heteroatoms. The topological polar surface area (TPSA) is 74.1 Å². The van der Waals surface area contributed by atoms with Gasteiger partial charge >= 0.3 is 0 Å². The first-order chi connectivity index (χ1) is 16.1. The number of nitrogens with zero attached hydrogens (tertiary/aromatic N) is 3. The molecule has 0 saturated heterocycles. The van der Waals surface area contributed by atoms with Gasteiger partial charge in [-0.3, -0.25) is 0 Å². The van der Waals surface area contributed by atoms with Crippen molar-refractivity contribution in [2.75, 3.05) is 7.11 Å². The molecule has 0 unspecified atom stereocenters. The Hall–Kier alpha value is -3.45. The molecule has 1 fully saturated rings. The van der Waals surface area contributed by atoms with Crippen molar-refractivity contribution in [3.8, 4) is 5.88 Å². The van der Waals surface area contributed by atoms with Crippen molar-refractivity contribution in [1.82, 2.24) is 13.9 Å². The van der Waals surface area contributed by atoms with Crippen molar-refractivity contribution in [2.45, 2.75) is 30.6 Å². The van der Waals surface area contributed by atoms with Crippen LogP contribution in [0, 0.1) is 5.92 Å². The highest BCUT2D eigenvalue weighted by Crippen LogP contribution is 2.36. The molecule has 33 heavy (non-hydrogen) atoms. The van der Waals surface area contributed by atoms with E-state index in [0.29, 0.717) is 23.1 Å². The molecule has 1 aliphatic rings. The van der Waals surface area contributed by atoms with Gasteiger partial charge in [0.25, 0.3) is 10.0 Å². The number of rotatable bonds is 6. The number of aromatic nitrogens is 3. The fraction of sp³-hybridized carbons (Fsp3) is 0.231. The van der Waals surface area contributed by atoms with Crippen molar-refractivity contribution in [3.05, 3.63) is 90.4 Å². The van der Waals surface area contributed by atoms with Gasteiger partial charge < -0.3 is 4.74 Å². The minimum Gasteiger partial charge on any atom is -0.481 e. The number of ether oxygens (including phenoxy) is 1. The lowest BCUT2D eigenvalue weighted by molar-refractivity contribution is 0.398. The molecule has 0 N–H and O–H groups in total. The fourth-order valence-corrected chi connectivity index (χ4v) is 5.99. The molecule has 1 aromatic carbocycles. The Morgan fingerprint density at radius 1 is 1.03 bits per heavy atom.